The van der Waals surface area contributed by atoms with Crippen LogP contribution in [0.4, 0.5) is 0 Å². The van der Waals surface area contributed by atoms with Crippen molar-refractivity contribution in [2.75, 3.05) is 0 Å². The van der Waals surface area contributed by atoms with E-state index in [9.17, 15) is 0 Å². The van der Waals surface area contributed by atoms with E-state index < -0.39 is 0 Å². The van der Waals surface area contributed by atoms with Gasteiger partial charge in [-0.3, -0.25) is 0 Å². The Balaban J connectivity index is 0.000000561. The third kappa shape index (κ3) is 4.21. The maximum atomic E-state index is 2.26. The van der Waals surface area contributed by atoms with Crippen LogP contribution in [0.25, 0.3) is 21.9 Å². The number of benzene rings is 3. The highest BCUT2D eigenvalue weighted by atomic mass is 14.1. The van der Waals surface area contributed by atoms with Crippen molar-refractivity contribution in [3.63, 3.8) is 0 Å². The fraction of sp³-hybridized carbons (Fsp3) is 0.273. The molecule has 0 unspecified atom stereocenters. The van der Waals surface area contributed by atoms with Gasteiger partial charge >= 0.3 is 0 Å². The number of fused-ring (bicyclic) bond motifs is 1. The molecule has 3 aromatic rings. The van der Waals surface area contributed by atoms with Crippen LogP contribution in [0, 0.1) is 13.8 Å². The summed E-state index contributed by atoms with van der Waals surface area (Å²) in [5.74, 6) is 0. The Hall–Kier alpha value is -2.08. The SMILES string of the molecule is CC.CC.Cc1ccc(-c2ccc3ccccc3c2)cc1C. The summed E-state index contributed by atoms with van der Waals surface area (Å²) >= 11 is 0. The van der Waals surface area contributed by atoms with E-state index in [2.05, 4.69) is 74.5 Å². The van der Waals surface area contributed by atoms with Crippen LogP contribution in [0.5, 0.6) is 0 Å². The van der Waals surface area contributed by atoms with E-state index in [-0.39, 0.29) is 0 Å². The molecule has 0 radical (unpaired) electrons. The molecule has 0 fully saturated rings. The van der Waals surface area contributed by atoms with E-state index in [1.807, 2.05) is 27.7 Å². The summed E-state index contributed by atoms with van der Waals surface area (Å²) in [6, 6.07) is 21.8. The van der Waals surface area contributed by atoms with E-state index in [1.165, 1.54) is 33.0 Å². The molecule has 0 saturated heterocycles. The van der Waals surface area contributed by atoms with Crippen molar-refractivity contribution in [2.24, 2.45) is 0 Å². The molecule has 0 heteroatoms. The Morgan fingerprint density at radius 3 is 1.68 bits per heavy atom. The summed E-state index contributed by atoms with van der Waals surface area (Å²) in [4.78, 5) is 0. The minimum atomic E-state index is 1.29. The fourth-order valence-corrected chi connectivity index (χ4v) is 2.29. The molecule has 0 bridgehead atoms. The molecule has 0 saturated carbocycles. The molecule has 0 atom stereocenters. The Labute approximate surface area is 135 Å². The van der Waals surface area contributed by atoms with E-state index in [1.54, 1.807) is 0 Å². The van der Waals surface area contributed by atoms with Crippen molar-refractivity contribution in [3.8, 4) is 11.1 Å². The predicted molar refractivity (Wildman–Crippen MR) is 102 cm³/mol. The Kier molecular flexibility index (Phi) is 7.39. The summed E-state index contributed by atoms with van der Waals surface area (Å²) in [5.41, 5.74) is 5.28. The molecule has 0 nitrogen and oxygen atoms in total. The van der Waals surface area contributed by atoms with Crippen LogP contribution in [-0.2, 0) is 0 Å². The Morgan fingerprint density at radius 2 is 1.05 bits per heavy atom. The van der Waals surface area contributed by atoms with Gasteiger partial charge in [0.1, 0.15) is 0 Å². The minimum Gasteiger partial charge on any atom is -0.0683 e. The molecule has 0 heterocycles. The first-order valence-corrected chi connectivity index (χ1v) is 8.30. The lowest BCUT2D eigenvalue weighted by Crippen LogP contribution is -1.83. The van der Waals surface area contributed by atoms with Crippen molar-refractivity contribution in [2.45, 2.75) is 41.5 Å². The summed E-state index contributed by atoms with van der Waals surface area (Å²) < 4.78 is 0. The zero-order chi connectivity index (χ0) is 16.5. The molecule has 0 aliphatic rings. The van der Waals surface area contributed by atoms with Crippen molar-refractivity contribution < 1.29 is 0 Å². The summed E-state index contributed by atoms with van der Waals surface area (Å²) in [7, 11) is 0. The van der Waals surface area contributed by atoms with Crippen molar-refractivity contribution in [3.05, 3.63) is 71.8 Å². The van der Waals surface area contributed by atoms with Crippen LogP contribution in [0.3, 0.4) is 0 Å². The van der Waals surface area contributed by atoms with Gasteiger partial charge in [0.15, 0.2) is 0 Å². The number of rotatable bonds is 1. The van der Waals surface area contributed by atoms with Gasteiger partial charge in [-0.05, 0) is 52.9 Å². The topological polar surface area (TPSA) is 0 Å². The maximum Gasteiger partial charge on any atom is -0.0178 e. The third-order valence-electron chi connectivity index (χ3n) is 3.59. The van der Waals surface area contributed by atoms with Gasteiger partial charge < -0.3 is 0 Å². The van der Waals surface area contributed by atoms with Gasteiger partial charge in [0.05, 0.1) is 0 Å². The molecule has 22 heavy (non-hydrogen) atoms. The standard InChI is InChI=1S/C18H16.2C2H6/c1-13-7-8-17(11-14(13)2)18-10-9-15-5-3-4-6-16(15)12-18;2*1-2/h3-12H,1-2H3;2*1-2H3. The van der Waals surface area contributed by atoms with Gasteiger partial charge in [-0.2, -0.15) is 0 Å². The first kappa shape index (κ1) is 18.0. The lowest BCUT2D eigenvalue weighted by Gasteiger charge is -2.07. The molecule has 3 aromatic carbocycles. The van der Waals surface area contributed by atoms with E-state index in [0.29, 0.717) is 0 Å². The van der Waals surface area contributed by atoms with Crippen LogP contribution < -0.4 is 0 Å². The second kappa shape index (κ2) is 9.04. The summed E-state index contributed by atoms with van der Waals surface area (Å²) in [6.45, 7) is 12.3. The van der Waals surface area contributed by atoms with E-state index in [0.717, 1.165) is 0 Å². The fourth-order valence-electron chi connectivity index (χ4n) is 2.29. The highest BCUT2D eigenvalue weighted by Crippen LogP contribution is 2.25. The Morgan fingerprint density at radius 1 is 0.500 bits per heavy atom. The average molecular weight is 292 g/mol. The van der Waals surface area contributed by atoms with Crippen LogP contribution in [0.1, 0.15) is 38.8 Å². The average Bonchev–Trinajstić information content (AvgIpc) is 2.60. The molecule has 116 valence electrons. The molecular weight excluding hydrogens is 264 g/mol. The van der Waals surface area contributed by atoms with Crippen LogP contribution >= 0.6 is 0 Å². The van der Waals surface area contributed by atoms with E-state index >= 15 is 0 Å². The van der Waals surface area contributed by atoms with Crippen molar-refractivity contribution in [1.82, 2.24) is 0 Å². The smallest absolute Gasteiger partial charge is 0.0178 e. The van der Waals surface area contributed by atoms with Gasteiger partial charge in [0.25, 0.3) is 0 Å². The van der Waals surface area contributed by atoms with Crippen molar-refractivity contribution >= 4 is 10.8 Å². The maximum absolute atomic E-state index is 2.26. The second-order valence-corrected chi connectivity index (χ2v) is 4.86. The first-order chi connectivity index (χ1) is 10.7. The molecule has 0 spiro atoms. The normalized spacial score (nSPS) is 9.36. The van der Waals surface area contributed by atoms with Gasteiger partial charge in [0.2, 0.25) is 0 Å². The third-order valence-corrected chi connectivity index (χ3v) is 3.59. The molecule has 0 amide bonds. The molecule has 0 aromatic heterocycles. The lowest BCUT2D eigenvalue weighted by molar-refractivity contribution is 1.34. The quantitative estimate of drug-likeness (QED) is 0.445. The van der Waals surface area contributed by atoms with Crippen LogP contribution in [0.2, 0.25) is 0 Å². The van der Waals surface area contributed by atoms with Crippen LogP contribution in [0.15, 0.2) is 60.7 Å². The second-order valence-electron chi connectivity index (χ2n) is 4.86. The van der Waals surface area contributed by atoms with E-state index in [4.69, 9.17) is 0 Å². The lowest BCUT2D eigenvalue weighted by atomic mass is 9.98. The largest absolute Gasteiger partial charge is 0.0683 e. The predicted octanol–water partition coefficient (Wildman–Crippen LogP) is 7.18. The van der Waals surface area contributed by atoms with Crippen LogP contribution in [-0.4, -0.2) is 0 Å². The van der Waals surface area contributed by atoms with Gasteiger partial charge in [-0.15, -0.1) is 0 Å². The van der Waals surface area contributed by atoms with Crippen molar-refractivity contribution in [1.29, 1.82) is 0 Å². The first-order valence-electron chi connectivity index (χ1n) is 8.30. The zero-order valence-electron chi connectivity index (χ0n) is 14.8. The Bertz CT molecular complexity index is 708. The number of hydrogen-bond acceptors (Lipinski definition) is 0. The molecular formula is C22H28. The summed E-state index contributed by atoms with van der Waals surface area (Å²) in [5, 5.41) is 2.60. The van der Waals surface area contributed by atoms with Gasteiger partial charge in [-0.1, -0.05) is 82.3 Å². The zero-order valence-corrected chi connectivity index (χ0v) is 14.8. The van der Waals surface area contributed by atoms with Gasteiger partial charge in [0, 0.05) is 0 Å². The van der Waals surface area contributed by atoms with Gasteiger partial charge in [-0.25, -0.2) is 0 Å². The number of aryl methyl sites for hydroxylation is 2. The molecule has 0 aliphatic carbocycles. The molecule has 0 aliphatic heterocycles. The number of hydrogen-bond donors (Lipinski definition) is 0. The highest BCUT2D eigenvalue weighted by Gasteiger charge is 2.01. The highest BCUT2D eigenvalue weighted by molar-refractivity contribution is 5.87. The monoisotopic (exact) mass is 292 g/mol. The molecule has 3 rings (SSSR count). The molecule has 0 N–H and O–H groups in total. The minimum absolute atomic E-state index is 1.29. The summed E-state index contributed by atoms with van der Waals surface area (Å²) in [6.07, 6.45) is 0.